The van der Waals surface area contributed by atoms with Crippen LogP contribution in [0.2, 0.25) is 0 Å². The third kappa shape index (κ3) is 8.74. The van der Waals surface area contributed by atoms with Crippen LogP contribution in [0.1, 0.15) is 51.5 Å². The summed E-state index contributed by atoms with van der Waals surface area (Å²) in [5, 5.41) is 7.22. The van der Waals surface area contributed by atoms with Crippen LogP contribution in [-0.4, -0.2) is 53.5 Å². The maximum absolute atomic E-state index is 12.1. The molecule has 0 heterocycles. The molecule has 0 aliphatic heterocycles. The predicted molar refractivity (Wildman–Crippen MR) is 119 cm³/mol. The predicted octanol–water partition coefficient (Wildman–Crippen LogP) is 3.27. The highest BCUT2D eigenvalue weighted by atomic mass is 32.2. The molecule has 0 amide bonds. The number of hydrogen-bond acceptors (Lipinski definition) is 3. The minimum absolute atomic E-state index is 0.331. The van der Waals surface area contributed by atoms with Crippen molar-refractivity contribution in [3.05, 3.63) is 35.9 Å². The number of nitrogens with one attached hydrogen (secondary N) is 2. The molecule has 0 saturated heterocycles. The van der Waals surface area contributed by atoms with Gasteiger partial charge in [0.25, 0.3) is 0 Å². The summed E-state index contributed by atoms with van der Waals surface area (Å²) in [6.07, 6.45) is 6.21. The minimum Gasteiger partial charge on any atom is -0.381 e. The van der Waals surface area contributed by atoms with Gasteiger partial charge >= 0.3 is 0 Å². The van der Waals surface area contributed by atoms with E-state index in [0.29, 0.717) is 11.3 Å². The molecule has 0 radical (unpaired) electrons. The molecule has 2 N–H and O–H groups in total. The lowest BCUT2D eigenvalue weighted by molar-refractivity contribution is 0.136. The van der Waals surface area contributed by atoms with E-state index in [4.69, 9.17) is 9.73 Å². The van der Waals surface area contributed by atoms with Crippen molar-refractivity contribution in [3.8, 4) is 0 Å². The topological polar surface area (TPSA) is 62.7 Å². The summed E-state index contributed by atoms with van der Waals surface area (Å²) >= 11 is 0. The van der Waals surface area contributed by atoms with Crippen LogP contribution in [-0.2, 0) is 22.0 Å². The Morgan fingerprint density at radius 2 is 2.04 bits per heavy atom. The molecule has 2 rings (SSSR count). The molecule has 1 aromatic carbocycles. The molecule has 1 saturated carbocycles. The van der Waals surface area contributed by atoms with Gasteiger partial charge < -0.3 is 15.4 Å². The van der Waals surface area contributed by atoms with E-state index < -0.39 is 10.8 Å². The van der Waals surface area contributed by atoms with Crippen LogP contribution in [0.3, 0.4) is 0 Å². The summed E-state index contributed by atoms with van der Waals surface area (Å²) in [5.41, 5.74) is 1.31. The van der Waals surface area contributed by atoms with Crippen LogP contribution in [0, 0.1) is 0 Å². The number of rotatable bonds is 11. The second kappa shape index (κ2) is 13.7. The number of nitrogens with zero attached hydrogens (tertiary/aromatic N) is 1. The molecule has 158 valence electrons. The van der Waals surface area contributed by atoms with Crippen LogP contribution < -0.4 is 10.6 Å². The molecule has 0 spiro atoms. The second-order valence-corrected chi connectivity index (χ2v) is 9.27. The van der Waals surface area contributed by atoms with E-state index in [1.807, 2.05) is 13.0 Å². The first-order valence-electron chi connectivity index (χ1n) is 10.8. The van der Waals surface area contributed by atoms with E-state index in [2.05, 4.69) is 41.8 Å². The zero-order valence-corrected chi connectivity index (χ0v) is 18.3. The third-order valence-corrected chi connectivity index (χ3v) is 6.80. The fourth-order valence-electron chi connectivity index (χ4n) is 3.56. The van der Waals surface area contributed by atoms with Gasteiger partial charge in [0, 0.05) is 47.5 Å². The van der Waals surface area contributed by atoms with Gasteiger partial charge in [-0.3, -0.25) is 9.20 Å². The monoisotopic (exact) mass is 407 g/mol. The largest absolute Gasteiger partial charge is 0.381 e. The number of guanidine groups is 1. The number of ether oxygens (including phenoxy) is 1. The van der Waals surface area contributed by atoms with Crippen LogP contribution in [0.15, 0.2) is 35.3 Å². The Bertz CT molecular complexity index is 595. The summed E-state index contributed by atoms with van der Waals surface area (Å²) in [6, 6.07) is 10.8. The Hall–Kier alpha value is -1.40. The number of benzene rings is 1. The summed E-state index contributed by atoms with van der Waals surface area (Å²) in [6.45, 7) is 7.18. The lowest BCUT2D eigenvalue weighted by atomic mass is 9.95. The van der Waals surface area contributed by atoms with Crippen molar-refractivity contribution in [1.29, 1.82) is 0 Å². The van der Waals surface area contributed by atoms with Gasteiger partial charge in [0.15, 0.2) is 5.96 Å². The molecule has 1 aliphatic rings. The molecular weight excluding hydrogens is 370 g/mol. The number of hydrogen-bond donors (Lipinski definition) is 2. The third-order valence-electron chi connectivity index (χ3n) is 5.06. The van der Waals surface area contributed by atoms with Gasteiger partial charge in [0.2, 0.25) is 0 Å². The van der Waals surface area contributed by atoms with Crippen LogP contribution in [0.4, 0.5) is 0 Å². The Morgan fingerprint density at radius 1 is 1.21 bits per heavy atom. The molecule has 28 heavy (non-hydrogen) atoms. The molecule has 6 heteroatoms. The first kappa shape index (κ1) is 22.9. The average Bonchev–Trinajstić information content (AvgIpc) is 2.73. The average molecular weight is 408 g/mol. The van der Waals surface area contributed by atoms with E-state index in [-0.39, 0.29) is 0 Å². The van der Waals surface area contributed by atoms with Gasteiger partial charge in [-0.05, 0) is 44.6 Å². The van der Waals surface area contributed by atoms with Crippen molar-refractivity contribution in [1.82, 2.24) is 10.6 Å². The Labute approximate surface area is 173 Å². The first-order chi connectivity index (χ1) is 13.7. The van der Waals surface area contributed by atoms with Crippen molar-refractivity contribution in [2.45, 2.75) is 63.7 Å². The summed E-state index contributed by atoms with van der Waals surface area (Å²) < 4.78 is 17.9. The molecule has 1 aliphatic carbocycles. The molecule has 1 fully saturated rings. The van der Waals surface area contributed by atoms with Crippen LogP contribution in [0.25, 0.3) is 0 Å². The Balaban J connectivity index is 1.66. The van der Waals surface area contributed by atoms with Crippen LogP contribution in [0.5, 0.6) is 0 Å². The molecular formula is C22H37N3O2S. The maximum Gasteiger partial charge on any atom is 0.191 e. The van der Waals surface area contributed by atoms with Crippen molar-refractivity contribution < 1.29 is 8.95 Å². The van der Waals surface area contributed by atoms with Gasteiger partial charge in [0.05, 0.1) is 6.61 Å². The lowest BCUT2D eigenvalue weighted by Gasteiger charge is -2.30. The van der Waals surface area contributed by atoms with Gasteiger partial charge in [-0.2, -0.15) is 0 Å². The Morgan fingerprint density at radius 3 is 2.79 bits per heavy atom. The zero-order valence-electron chi connectivity index (χ0n) is 17.5. The van der Waals surface area contributed by atoms with E-state index in [0.717, 1.165) is 76.5 Å². The summed E-state index contributed by atoms with van der Waals surface area (Å²) in [5.74, 6) is 1.63. The van der Waals surface area contributed by atoms with Gasteiger partial charge in [-0.25, -0.2) is 0 Å². The van der Waals surface area contributed by atoms with Gasteiger partial charge in [-0.1, -0.05) is 43.7 Å². The highest BCUT2D eigenvalue weighted by Gasteiger charge is 2.25. The van der Waals surface area contributed by atoms with Gasteiger partial charge in [-0.15, -0.1) is 0 Å². The van der Waals surface area contributed by atoms with Gasteiger partial charge in [0.1, 0.15) is 0 Å². The quantitative estimate of drug-likeness (QED) is 0.336. The van der Waals surface area contributed by atoms with E-state index in [9.17, 15) is 4.21 Å². The second-order valence-electron chi connectivity index (χ2n) is 7.26. The van der Waals surface area contributed by atoms with Crippen molar-refractivity contribution >= 4 is 16.8 Å². The molecule has 3 atom stereocenters. The Kier molecular flexibility index (Phi) is 11.2. The van der Waals surface area contributed by atoms with Crippen molar-refractivity contribution in [2.75, 3.05) is 32.1 Å². The molecule has 0 bridgehead atoms. The molecule has 0 aromatic heterocycles. The molecule has 1 aromatic rings. The standard InChI is InChI=1S/C22H37N3O2S/c1-3-23-22(25-20-12-8-13-21(18-20)28(26)4-2)24-15-9-16-27-17-14-19-10-6-5-7-11-19/h5-7,10-11,20-21H,3-4,8-9,12-18H2,1-2H3,(H2,23,24,25). The fourth-order valence-corrected chi connectivity index (χ4v) is 4.91. The zero-order chi connectivity index (χ0) is 20.0. The van der Waals surface area contributed by atoms with E-state index in [1.54, 1.807) is 0 Å². The van der Waals surface area contributed by atoms with E-state index >= 15 is 0 Å². The summed E-state index contributed by atoms with van der Waals surface area (Å²) in [4.78, 5) is 4.69. The SMILES string of the molecule is CCNC(=NCCCOCCc1ccccc1)NC1CCCC(S(=O)CC)C1. The first-order valence-corrected chi connectivity index (χ1v) is 12.1. The lowest BCUT2D eigenvalue weighted by Crippen LogP contribution is -2.46. The highest BCUT2D eigenvalue weighted by Crippen LogP contribution is 2.22. The highest BCUT2D eigenvalue weighted by molar-refractivity contribution is 7.85. The maximum atomic E-state index is 12.1. The normalized spacial score (nSPS) is 21.3. The fraction of sp³-hybridized carbons (Fsp3) is 0.682. The molecule has 5 nitrogen and oxygen atoms in total. The summed E-state index contributed by atoms with van der Waals surface area (Å²) in [7, 11) is -0.694. The molecule has 3 unspecified atom stereocenters. The van der Waals surface area contributed by atoms with Crippen molar-refractivity contribution in [2.24, 2.45) is 4.99 Å². The van der Waals surface area contributed by atoms with Crippen LogP contribution >= 0.6 is 0 Å². The van der Waals surface area contributed by atoms with E-state index in [1.165, 1.54) is 5.56 Å². The smallest absolute Gasteiger partial charge is 0.191 e. The van der Waals surface area contributed by atoms with Crippen molar-refractivity contribution in [3.63, 3.8) is 0 Å². The minimum atomic E-state index is -0.694. The number of aliphatic imine (C=N–C) groups is 1.